The Bertz CT molecular complexity index is 2210. The summed E-state index contributed by atoms with van der Waals surface area (Å²) in [6.45, 7) is 0.0458. The number of aromatic hydroxyl groups is 4. The minimum atomic E-state index is -0.840. The fourth-order valence-electron chi connectivity index (χ4n) is 6.52. The summed E-state index contributed by atoms with van der Waals surface area (Å²) >= 11 is 0. The van der Waals surface area contributed by atoms with E-state index in [2.05, 4.69) is 0 Å². The molecule has 0 atom stereocenters. The van der Waals surface area contributed by atoms with Crippen molar-refractivity contribution >= 4 is 55.3 Å². The van der Waals surface area contributed by atoms with Gasteiger partial charge in [0.15, 0.2) is 46.0 Å². The number of carbonyl (C=O) groups is 2. The molecule has 49 heavy (non-hydrogen) atoms. The Balaban J connectivity index is 1.92. The Hall–Kier alpha value is -6.24. The number of nitrogens with zero attached hydrogens (tertiary/aromatic N) is 1. The average Bonchev–Trinajstić information content (AvgIpc) is 3.46. The molecule has 1 aromatic heterocycles. The minimum absolute atomic E-state index is 0.0458. The molecule has 254 valence electrons. The Morgan fingerprint density at radius 1 is 0.571 bits per heavy atom. The van der Waals surface area contributed by atoms with Crippen LogP contribution in [0.4, 0.5) is 0 Å². The van der Waals surface area contributed by atoms with Crippen LogP contribution in [0.3, 0.4) is 0 Å². The molecule has 5 aromatic carbocycles. The van der Waals surface area contributed by atoms with Crippen molar-refractivity contribution in [1.82, 2.24) is 4.57 Å². The van der Waals surface area contributed by atoms with E-state index < -0.39 is 23.4 Å². The van der Waals surface area contributed by atoms with Gasteiger partial charge in [-0.2, -0.15) is 0 Å². The zero-order valence-electron chi connectivity index (χ0n) is 27.5. The summed E-state index contributed by atoms with van der Waals surface area (Å²) in [5.41, 5.74) is 0.519. The van der Waals surface area contributed by atoms with Gasteiger partial charge in [0.2, 0.25) is 0 Å². The van der Waals surface area contributed by atoms with E-state index in [0.29, 0.717) is 38.6 Å². The summed E-state index contributed by atoms with van der Waals surface area (Å²) < 4.78 is 34.2. The molecule has 0 fully saturated rings. The molecule has 0 amide bonds. The third-order valence-corrected chi connectivity index (χ3v) is 8.75. The van der Waals surface area contributed by atoms with Crippen LogP contribution in [0.2, 0.25) is 0 Å². The molecule has 4 N–H and O–H groups in total. The Kier molecular flexibility index (Phi) is 8.28. The number of rotatable bonds is 9. The maximum Gasteiger partial charge on any atom is 0.342 e. The van der Waals surface area contributed by atoms with E-state index in [1.807, 2.05) is 0 Å². The van der Waals surface area contributed by atoms with Crippen molar-refractivity contribution in [2.24, 2.45) is 0 Å². The molecule has 13 nitrogen and oxygen atoms in total. The number of carbonyl (C=O) groups excluding carboxylic acids is 2. The average molecular weight is 672 g/mol. The number of aromatic nitrogens is 1. The van der Waals surface area contributed by atoms with Crippen LogP contribution in [0.25, 0.3) is 43.4 Å². The van der Waals surface area contributed by atoms with Gasteiger partial charge in [-0.15, -0.1) is 0 Å². The molecule has 0 saturated carbocycles. The van der Waals surface area contributed by atoms with Gasteiger partial charge < -0.3 is 53.4 Å². The second kappa shape index (κ2) is 12.4. The van der Waals surface area contributed by atoms with Gasteiger partial charge in [-0.05, 0) is 59.2 Å². The van der Waals surface area contributed by atoms with Crippen LogP contribution in [0.5, 0.6) is 46.0 Å². The summed E-state index contributed by atoms with van der Waals surface area (Å²) in [6, 6.07) is 10.8. The Labute approximate surface area is 278 Å². The van der Waals surface area contributed by atoms with Crippen LogP contribution in [-0.2, 0) is 22.4 Å². The van der Waals surface area contributed by atoms with E-state index in [9.17, 15) is 30.0 Å². The van der Waals surface area contributed by atoms with E-state index in [1.165, 1.54) is 54.8 Å². The van der Waals surface area contributed by atoms with Gasteiger partial charge in [0, 0.05) is 28.1 Å². The summed E-state index contributed by atoms with van der Waals surface area (Å²) in [4.78, 5) is 26.8. The van der Waals surface area contributed by atoms with Gasteiger partial charge >= 0.3 is 11.9 Å². The zero-order valence-corrected chi connectivity index (χ0v) is 27.5. The van der Waals surface area contributed by atoms with Gasteiger partial charge in [-0.1, -0.05) is 6.07 Å². The number of aryl methyl sites for hydroxylation is 2. The van der Waals surface area contributed by atoms with E-state index in [4.69, 9.17) is 28.4 Å². The maximum absolute atomic E-state index is 13.4. The molecule has 0 bridgehead atoms. The highest BCUT2D eigenvalue weighted by molar-refractivity contribution is 6.35. The lowest BCUT2D eigenvalue weighted by Crippen LogP contribution is -2.07. The standard InChI is InChI=1S/C36H33NO12/c1-44-23-12-17-19(14-25(23)46-3)29(35(42)48-5)33(40)31-27(17)28-18-13-24(45-2)26(47-4)15-20(18)30(36(43)49-6)34(41)32(28)37(31)10-9-16-7-8-21(38)22(39)11-16/h7-8,11-15,38-41H,9-10H2,1-6H3. The predicted octanol–water partition coefficient (Wildman–Crippen LogP) is 5.77. The fourth-order valence-corrected chi connectivity index (χ4v) is 6.52. The molecule has 6 rings (SSSR count). The molecular formula is C36H33NO12. The molecular weight excluding hydrogens is 638 g/mol. The molecule has 1 heterocycles. The summed E-state index contributed by atoms with van der Waals surface area (Å²) in [7, 11) is 8.17. The van der Waals surface area contributed by atoms with Gasteiger partial charge in [-0.3, -0.25) is 0 Å². The number of hydrogen-bond donors (Lipinski definition) is 4. The van der Waals surface area contributed by atoms with Crippen LogP contribution in [-0.4, -0.2) is 79.6 Å². The number of fused-ring (bicyclic) bond motifs is 7. The van der Waals surface area contributed by atoms with Gasteiger partial charge in [0.1, 0.15) is 11.1 Å². The molecule has 6 aromatic rings. The number of methoxy groups -OCH3 is 6. The van der Waals surface area contributed by atoms with E-state index in [-0.39, 0.29) is 68.9 Å². The monoisotopic (exact) mass is 671 g/mol. The lowest BCUT2D eigenvalue weighted by molar-refractivity contribution is 0.0590. The van der Waals surface area contributed by atoms with Crippen LogP contribution in [0.1, 0.15) is 26.3 Å². The second-order valence-corrected chi connectivity index (χ2v) is 11.1. The first-order valence-electron chi connectivity index (χ1n) is 14.9. The van der Waals surface area contributed by atoms with E-state index in [1.54, 1.807) is 34.9 Å². The third kappa shape index (κ3) is 4.93. The van der Waals surface area contributed by atoms with Gasteiger partial charge in [0.05, 0.1) is 53.7 Å². The summed E-state index contributed by atoms with van der Waals surface area (Å²) in [6.07, 6.45) is 0.209. The van der Waals surface area contributed by atoms with Crippen LogP contribution in [0.15, 0.2) is 42.5 Å². The van der Waals surface area contributed by atoms with Gasteiger partial charge in [0.25, 0.3) is 0 Å². The molecule has 0 spiro atoms. The number of phenols is 4. The third-order valence-electron chi connectivity index (χ3n) is 8.75. The fraction of sp³-hybridized carbons (Fsp3) is 0.222. The molecule has 13 heteroatoms. The minimum Gasteiger partial charge on any atom is -0.505 e. The predicted molar refractivity (Wildman–Crippen MR) is 180 cm³/mol. The lowest BCUT2D eigenvalue weighted by atomic mass is 9.93. The van der Waals surface area contributed by atoms with Crippen molar-refractivity contribution < 1.29 is 58.4 Å². The molecule has 0 aliphatic heterocycles. The normalized spacial score (nSPS) is 11.3. The molecule has 0 aliphatic rings. The summed E-state index contributed by atoms with van der Waals surface area (Å²) in [5, 5.41) is 46.4. The maximum atomic E-state index is 13.4. The number of benzene rings is 5. The highest BCUT2D eigenvalue weighted by atomic mass is 16.5. The first-order valence-corrected chi connectivity index (χ1v) is 14.9. The Morgan fingerprint density at radius 2 is 0.980 bits per heavy atom. The van der Waals surface area contributed by atoms with Crippen LogP contribution >= 0.6 is 0 Å². The molecule has 0 unspecified atom stereocenters. The Morgan fingerprint density at radius 3 is 1.35 bits per heavy atom. The van der Waals surface area contributed by atoms with Gasteiger partial charge in [-0.25, -0.2) is 9.59 Å². The topological polar surface area (TPSA) is 175 Å². The largest absolute Gasteiger partial charge is 0.505 e. The lowest BCUT2D eigenvalue weighted by Gasteiger charge is -2.16. The highest BCUT2D eigenvalue weighted by Gasteiger charge is 2.32. The molecule has 0 radical (unpaired) electrons. The van der Waals surface area contributed by atoms with Crippen LogP contribution in [0, 0.1) is 0 Å². The van der Waals surface area contributed by atoms with Crippen molar-refractivity contribution in [2.75, 3.05) is 42.7 Å². The van der Waals surface area contributed by atoms with E-state index >= 15 is 0 Å². The number of hydrogen-bond acceptors (Lipinski definition) is 12. The number of phenolic OH excluding ortho intramolecular Hbond substituents is 4. The van der Waals surface area contributed by atoms with Crippen molar-refractivity contribution in [3.05, 3.63) is 59.2 Å². The SMILES string of the molecule is COC(=O)c1c(O)c2c(c3cc(OC)c(OC)cc13)c1c3cc(OC)c(OC)cc3c(C(=O)OC)c(O)c1n2CCc1ccc(O)c(O)c1. The van der Waals surface area contributed by atoms with Crippen molar-refractivity contribution in [3.63, 3.8) is 0 Å². The van der Waals surface area contributed by atoms with Crippen LogP contribution < -0.4 is 18.9 Å². The zero-order chi connectivity index (χ0) is 35.3. The second-order valence-electron chi connectivity index (χ2n) is 11.1. The van der Waals surface area contributed by atoms with Crippen molar-refractivity contribution in [2.45, 2.75) is 13.0 Å². The molecule has 0 aliphatic carbocycles. The highest BCUT2D eigenvalue weighted by Crippen LogP contribution is 2.52. The van der Waals surface area contributed by atoms with Crippen molar-refractivity contribution in [3.8, 4) is 46.0 Å². The van der Waals surface area contributed by atoms with E-state index in [0.717, 1.165) is 0 Å². The van der Waals surface area contributed by atoms with Crippen molar-refractivity contribution in [1.29, 1.82) is 0 Å². The first kappa shape index (κ1) is 32.7. The molecule has 0 saturated heterocycles. The number of esters is 2. The number of ether oxygens (including phenoxy) is 6. The first-order chi connectivity index (χ1) is 23.5. The quantitative estimate of drug-likeness (QED) is 0.108. The summed E-state index contributed by atoms with van der Waals surface area (Å²) in [5.74, 6) is -2.03. The smallest absolute Gasteiger partial charge is 0.342 e.